The highest BCUT2D eigenvalue weighted by Crippen LogP contribution is 2.67. The largest absolute Gasteiger partial charge is 0.455 e. The van der Waals surface area contributed by atoms with Crippen LogP contribution >= 0.6 is 0 Å². The Kier molecular flexibility index (Phi) is 8.88. The van der Waals surface area contributed by atoms with Gasteiger partial charge in [0.2, 0.25) is 0 Å². The molecule has 10 aromatic carbocycles. The average Bonchev–Trinajstić information content (AvgIpc) is 4.12. The lowest BCUT2D eigenvalue weighted by atomic mass is 9.70. The topological polar surface area (TPSA) is 16.4 Å². The number of fused-ring (bicyclic) bond motifs is 13. The Hall–Kier alpha value is -8.72. The van der Waals surface area contributed by atoms with Crippen molar-refractivity contribution in [2.45, 2.75) is 24.7 Å². The van der Waals surface area contributed by atoms with E-state index in [9.17, 15) is 0 Å². The maximum atomic E-state index is 7.61. The fourth-order valence-electron chi connectivity index (χ4n) is 12.4. The SMILES string of the molecule is CC1(C)c2ccccc2-c2ccc(N(c3ccc(-c4ccccc4)cc3)c3ccc(-c4oc(-c5ccccc5-c5ccccc5)c5c4C4(c6ccccc6-c6ccccc64)c4ccccc4-5)cc3)cc21. The van der Waals surface area contributed by atoms with E-state index in [4.69, 9.17) is 4.42 Å². The van der Waals surface area contributed by atoms with Gasteiger partial charge in [-0.25, -0.2) is 0 Å². The molecule has 0 unspecified atom stereocenters. The molecule has 2 nitrogen and oxygen atoms in total. The summed E-state index contributed by atoms with van der Waals surface area (Å²) in [5, 5.41) is 0. The Morgan fingerprint density at radius 1 is 0.300 bits per heavy atom. The number of rotatable bonds is 7. The van der Waals surface area contributed by atoms with Crippen molar-refractivity contribution in [2.24, 2.45) is 0 Å². The third-order valence-electron chi connectivity index (χ3n) is 15.5. The molecule has 0 fully saturated rings. The van der Waals surface area contributed by atoms with Crippen molar-refractivity contribution < 1.29 is 4.42 Å². The predicted molar refractivity (Wildman–Crippen MR) is 289 cm³/mol. The molecule has 0 atom stereocenters. The number of furan rings is 1. The fraction of sp³-hybridized carbons (Fsp3) is 0.0588. The van der Waals surface area contributed by atoms with Gasteiger partial charge in [-0.15, -0.1) is 0 Å². The molecule has 1 spiro atoms. The highest BCUT2D eigenvalue weighted by atomic mass is 16.3. The summed E-state index contributed by atoms with van der Waals surface area (Å²) in [4.78, 5) is 2.41. The zero-order valence-electron chi connectivity index (χ0n) is 39.0. The van der Waals surface area contributed by atoms with Crippen LogP contribution < -0.4 is 4.90 Å². The van der Waals surface area contributed by atoms with Crippen LogP contribution in [-0.4, -0.2) is 0 Å². The number of benzene rings is 10. The summed E-state index contributed by atoms with van der Waals surface area (Å²) < 4.78 is 7.61. The molecular formula is C68H47NO. The number of hydrogen-bond donors (Lipinski definition) is 0. The molecule has 3 aliphatic carbocycles. The first-order valence-corrected chi connectivity index (χ1v) is 24.4. The van der Waals surface area contributed by atoms with Crippen LogP contribution in [0.25, 0.3) is 78.3 Å². The van der Waals surface area contributed by atoms with Crippen LogP contribution in [0.1, 0.15) is 47.2 Å². The quantitative estimate of drug-likeness (QED) is 0.158. The Labute approximate surface area is 409 Å². The minimum absolute atomic E-state index is 0.143. The Morgan fingerprint density at radius 2 is 0.714 bits per heavy atom. The highest BCUT2D eigenvalue weighted by Gasteiger charge is 2.55. The van der Waals surface area contributed by atoms with Crippen LogP contribution in [0.2, 0.25) is 0 Å². The van der Waals surface area contributed by atoms with Gasteiger partial charge in [0.05, 0.1) is 5.41 Å². The predicted octanol–water partition coefficient (Wildman–Crippen LogP) is 18.1. The van der Waals surface area contributed by atoms with Crippen LogP contribution in [-0.2, 0) is 10.8 Å². The second-order valence-electron chi connectivity index (χ2n) is 19.5. The van der Waals surface area contributed by atoms with Crippen molar-refractivity contribution in [3.05, 3.63) is 282 Å². The van der Waals surface area contributed by atoms with Crippen LogP contribution in [0.3, 0.4) is 0 Å². The molecule has 3 aliphatic rings. The monoisotopic (exact) mass is 893 g/mol. The van der Waals surface area contributed by atoms with Gasteiger partial charge in [-0.1, -0.05) is 214 Å². The molecule has 1 aromatic heterocycles. The molecule has 0 saturated heterocycles. The van der Waals surface area contributed by atoms with E-state index in [0.29, 0.717) is 0 Å². The zero-order chi connectivity index (χ0) is 46.6. The Morgan fingerprint density at radius 3 is 1.31 bits per heavy atom. The Balaban J connectivity index is 0.986. The van der Waals surface area contributed by atoms with Gasteiger partial charge in [0.1, 0.15) is 11.5 Å². The van der Waals surface area contributed by atoms with Gasteiger partial charge in [-0.2, -0.15) is 0 Å². The first-order chi connectivity index (χ1) is 34.5. The van der Waals surface area contributed by atoms with Crippen molar-refractivity contribution in [3.63, 3.8) is 0 Å². The molecule has 330 valence electrons. The molecule has 14 rings (SSSR count). The minimum Gasteiger partial charge on any atom is -0.455 e. The van der Waals surface area contributed by atoms with E-state index >= 15 is 0 Å². The van der Waals surface area contributed by atoms with Gasteiger partial charge in [0.25, 0.3) is 0 Å². The summed E-state index contributed by atoms with van der Waals surface area (Å²) in [6.45, 7) is 4.71. The lowest BCUT2D eigenvalue weighted by molar-refractivity contribution is 0.588. The second kappa shape index (κ2) is 15.4. The zero-order valence-corrected chi connectivity index (χ0v) is 39.0. The molecule has 11 aromatic rings. The van der Waals surface area contributed by atoms with Gasteiger partial charge >= 0.3 is 0 Å². The summed E-state index contributed by atoms with van der Waals surface area (Å²) in [6, 6.07) is 91.2. The molecular weight excluding hydrogens is 847 g/mol. The molecule has 0 saturated carbocycles. The van der Waals surface area contributed by atoms with Gasteiger partial charge < -0.3 is 9.32 Å². The number of anilines is 3. The summed E-state index contributed by atoms with van der Waals surface area (Å²) in [6.07, 6.45) is 0. The maximum absolute atomic E-state index is 7.61. The van der Waals surface area contributed by atoms with E-state index in [1.807, 2.05) is 0 Å². The summed E-state index contributed by atoms with van der Waals surface area (Å²) in [5.74, 6) is 1.78. The first-order valence-electron chi connectivity index (χ1n) is 24.4. The van der Waals surface area contributed by atoms with Crippen molar-refractivity contribution >= 4 is 17.1 Å². The van der Waals surface area contributed by atoms with Crippen molar-refractivity contribution in [1.29, 1.82) is 0 Å². The van der Waals surface area contributed by atoms with Crippen LogP contribution in [0.5, 0.6) is 0 Å². The summed E-state index contributed by atoms with van der Waals surface area (Å²) >= 11 is 0. The smallest absolute Gasteiger partial charge is 0.143 e. The molecule has 0 aliphatic heterocycles. The van der Waals surface area contributed by atoms with E-state index in [2.05, 4.69) is 267 Å². The molecule has 0 bridgehead atoms. The molecule has 2 heteroatoms. The van der Waals surface area contributed by atoms with E-state index < -0.39 is 5.41 Å². The van der Waals surface area contributed by atoms with E-state index in [1.54, 1.807) is 0 Å². The van der Waals surface area contributed by atoms with Crippen LogP contribution in [0, 0.1) is 0 Å². The van der Waals surface area contributed by atoms with Gasteiger partial charge in [0.15, 0.2) is 0 Å². The normalized spacial score (nSPS) is 13.8. The van der Waals surface area contributed by atoms with E-state index in [-0.39, 0.29) is 5.41 Å². The van der Waals surface area contributed by atoms with Crippen molar-refractivity contribution in [1.82, 2.24) is 0 Å². The van der Waals surface area contributed by atoms with Crippen molar-refractivity contribution in [3.8, 4) is 78.3 Å². The maximum Gasteiger partial charge on any atom is 0.143 e. The first kappa shape index (κ1) is 40.4. The second-order valence-corrected chi connectivity index (χ2v) is 19.5. The average molecular weight is 894 g/mol. The minimum atomic E-state index is -0.599. The lowest BCUT2D eigenvalue weighted by Crippen LogP contribution is -2.26. The number of hydrogen-bond acceptors (Lipinski definition) is 2. The van der Waals surface area contributed by atoms with Gasteiger partial charge in [-0.3, -0.25) is 0 Å². The third-order valence-corrected chi connectivity index (χ3v) is 15.5. The summed E-state index contributed by atoms with van der Waals surface area (Å²) in [5.41, 5.74) is 24.6. The van der Waals surface area contributed by atoms with Crippen LogP contribution in [0.15, 0.2) is 253 Å². The molecule has 1 heterocycles. The number of nitrogens with zero attached hydrogens (tertiary/aromatic N) is 1. The van der Waals surface area contributed by atoms with Gasteiger partial charge in [0, 0.05) is 44.7 Å². The molecule has 0 radical (unpaired) electrons. The summed E-state index contributed by atoms with van der Waals surface area (Å²) in [7, 11) is 0. The molecule has 0 amide bonds. The highest BCUT2D eigenvalue weighted by molar-refractivity contribution is 6.04. The van der Waals surface area contributed by atoms with E-state index in [0.717, 1.165) is 56.4 Å². The van der Waals surface area contributed by atoms with Crippen LogP contribution in [0.4, 0.5) is 17.1 Å². The molecule has 70 heavy (non-hydrogen) atoms. The van der Waals surface area contributed by atoms with Crippen molar-refractivity contribution in [2.75, 3.05) is 4.90 Å². The van der Waals surface area contributed by atoms with Gasteiger partial charge in [-0.05, 0) is 126 Å². The Bertz CT molecular complexity index is 3790. The lowest BCUT2D eigenvalue weighted by Gasteiger charge is -2.30. The molecule has 0 N–H and O–H groups in total. The standard InChI is InChI=1S/C68H47NO/c1-67(2)58-29-15-11-24-52(58)55-42-41-50(43-62(55)67)69(48-37-33-45(34-38-48)44-19-5-3-6-20-44)49-39-35-47(36-40-49)65-64-63(66(70-65)56-27-10-9-23-51(56)46-21-7-4-8-22-46)57-28-14-18-32-61(57)68(64)59-30-16-12-25-53(59)54-26-13-17-31-60(54)68/h3-43H,1-2H3. The fourth-order valence-corrected chi connectivity index (χ4v) is 12.4. The van der Waals surface area contributed by atoms with E-state index in [1.165, 1.54) is 72.3 Å². The third kappa shape index (κ3) is 5.74.